The van der Waals surface area contributed by atoms with E-state index >= 15 is 0 Å². The van der Waals surface area contributed by atoms with Crippen LogP contribution in [0.2, 0.25) is 0 Å². The first-order valence-corrected chi connectivity index (χ1v) is 9.26. The normalized spacial score (nSPS) is 17.6. The first-order chi connectivity index (χ1) is 11.7. The predicted molar refractivity (Wildman–Crippen MR) is 99.4 cm³/mol. The topological polar surface area (TPSA) is 32.8 Å². The van der Waals surface area contributed by atoms with E-state index in [1.54, 1.807) is 7.11 Å². The Kier molecular flexibility index (Phi) is 7.25. The van der Waals surface area contributed by atoms with Crippen molar-refractivity contribution < 1.29 is 9.53 Å². The van der Waals surface area contributed by atoms with Gasteiger partial charge in [0, 0.05) is 32.3 Å². The Morgan fingerprint density at radius 2 is 1.88 bits per heavy atom. The van der Waals surface area contributed by atoms with Gasteiger partial charge in [-0.3, -0.25) is 4.79 Å². The molecule has 1 heterocycles. The number of benzene rings is 1. The van der Waals surface area contributed by atoms with Crippen LogP contribution in [-0.4, -0.2) is 49.7 Å². The first kappa shape index (κ1) is 18.9. The number of carbonyl (C=O) groups is 1. The largest absolute Gasteiger partial charge is 0.382 e. The second-order valence-electron chi connectivity index (χ2n) is 6.77. The molecule has 1 aliphatic heterocycles. The fourth-order valence-corrected chi connectivity index (χ4v) is 3.69. The molecule has 134 valence electrons. The molecule has 0 unspecified atom stereocenters. The van der Waals surface area contributed by atoms with E-state index in [1.165, 1.54) is 12.8 Å². The molecule has 1 fully saturated rings. The second kappa shape index (κ2) is 9.19. The number of rotatable bonds is 8. The second-order valence-corrected chi connectivity index (χ2v) is 6.77. The molecule has 1 saturated heterocycles. The molecule has 2 rings (SSSR count). The lowest BCUT2D eigenvalue weighted by atomic mass is 9.85. The highest BCUT2D eigenvalue weighted by molar-refractivity contribution is 5.94. The van der Waals surface area contributed by atoms with Gasteiger partial charge in [-0.05, 0) is 37.9 Å². The van der Waals surface area contributed by atoms with Crippen LogP contribution in [0.3, 0.4) is 0 Å². The number of anilines is 1. The summed E-state index contributed by atoms with van der Waals surface area (Å²) in [6, 6.07) is 10.1. The number of unbranched alkanes of at least 4 members (excludes halogenated alkanes) is 1. The predicted octanol–water partition coefficient (Wildman–Crippen LogP) is 3.71. The van der Waals surface area contributed by atoms with E-state index < -0.39 is 0 Å². The molecule has 0 N–H and O–H groups in total. The zero-order valence-corrected chi connectivity index (χ0v) is 15.5. The van der Waals surface area contributed by atoms with Crippen LogP contribution in [0.15, 0.2) is 30.3 Å². The SMILES string of the molecule is CCCCN1CCC(COC)(N(C(=O)CC)c2ccccc2)CC1. The highest BCUT2D eigenvalue weighted by atomic mass is 16.5. The molecule has 0 aliphatic carbocycles. The van der Waals surface area contributed by atoms with Gasteiger partial charge >= 0.3 is 0 Å². The third-order valence-corrected chi connectivity index (χ3v) is 5.07. The summed E-state index contributed by atoms with van der Waals surface area (Å²) in [4.78, 5) is 17.3. The Bertz CT molecular complexity index is 496. The van der Waals surface area contributed by atoms with Crippen LogP contribution in [0.4, 0.5) is 5.69 Å². The van der Waals surface area contributed by atoms with Crippen molar-refractivity contribution in [2.24, 2.45) is 0 Å². The quantitative estimate of drug-likeness (QED) is 0.727. The highest BCUT2D eigenvalue weighted by Crippen LogP contribution is 2.34. The van der Waals surface area contributed by atoms with E-state index in [9.17, 15) is 4.79 Å². The Balaban J connectivity index is 2.24. The van der Waals surface area contributed by atoms with Gasteiger partial charge in [0.15, 0.2) is 0 Å². The first-order valence-electron chi connectivity index (χ1n) is 9.26. The molecule has 0 bridgehead atoms. The van der Waals surface area contributed by atoms with Crippen molar-refractivity contribution in [3.8, 4) is 0 Å². The van der Waals surface area contributed by atoms with Gasteiger partial charge < -0.3 is 14.5 Å². The minimum absolute atomic E-state index is 0.181. The Morgan fingerprint density at radius 1 is 1.21 bits per heavy atom. The van der Waals surface area contributed by atoms with Crippen LogP contribution in [0.25, 0.3) is 0 Å². The van der Waals surface area contributed by atoms with Gasteiger partial charge in [0.05, 0.1) is 12.1 Å². The molecule has 1 aromatic rings. The highest BCUT2D eigenvalue weighted by Gasteiger charge is 2.42. The lowest BCUT2D eigenvalue weighted by Crippen LogP contribution is -2.60. The fourth-order valence-electron chi connectivity index (χ4n) is 3.69. The Labute approximate surface area is 146 Å². The summed E-state index contributed by atoms with van der Waals surface area (Å²) in [5.74, 6) is 0.181. The molecule has 1 amide bonds. The van der Waals surface area contributed by atoms with Crippen LogP contribution in [0.1, 0.15) is 46.0 Å². The van der Waals surface area contributed by atoms with E-state index in [1.807, 2.05) is 42.2 Å². The number of likely N-dealkylation sites (tertiary alicyclic amines) is 1. The van der Waals surface area contributed by atoms with Crippen molar-refractivity contribution in [3.05, 3.63) is 30.3 Å². The molecule has 1 aliphatic rings. The zero-order chi connectivity index (χ0) is 17.4. The number of amides is 1. The third kappa shape index (κ3) is 4.37. The third-order valence-electron chi connectivity index (χ3n) is 5.07. The summed E-state index contributed by atoms with van der Waals surface area (Å²) in [5.41, 5.74) is 0.759. The van der Waals surface area contributed by atoms with Crippen LogP contribution in [-0.2, 0) is 9.53 Å². The van der Waals surface area contributed by atoms with Gasteiger partial charge in [-0.1, -0.05) is 38.5 Å². The number of piperidine rings is 1. The molecular formula is C20H32N2O2. The van der Waals surface area contributed by atoms with E-state index in [2.05, 4.69) is 11.8 Å². The van der Waals surface area contributed by atoms with Gasteiger partial charge in [0.25, 0.3) is 0 Å². The number of para-hydroxylation sites is 1. The minimum atomic E-state index is -0.230. The Hall–Kier alpha value is -1.39. The van der Waals surface area contributed by atoms with Crippen molar-refractivity contribution in [1.29, 1.82) is 0 Å². The monoisotopic (exact) mass is 332 g/mol. The lowest BCUT2D eigenvalue weighted by molar-refractivity contribution is -0.120. The molecule has 0 spiro atoms. The molecule has 1 aromatic carbocycles. The summed E-state index contributed by atoms with van der Waals surface area (Å²) >= 11 is 0. The number of methoxy groups -OCH3 is 1. The van der Waals surface area contributed by atoms with Crippen LogP contribution >= 0.6 is 0 Å². The molecule has 0 radical (unpaired) electrons. The minimum Gasteiger partial charge on any atom is -0.382 e. The van der Waals surface area contributed by atoms with Gasteiger partial charge in [0.2, 0.25) is 5.91 Å². The van der Waals surface area contributed by atoms with Gasteiger partial charge in [-0.2, -0.15) is 0 Å². The zero-order valence-electron chi connectivity index (χ0n) is 15.5. The van der Waals surface area contributed by atoms with Crippen molar-refractivity contribution in [3.63, 3.8) is 0 Å². The molecule has 0 saturated carbocycles. The van der Waals surface area contributed by atoms with Gasteiger partial charge in [-0.25, -0.2) is 0 Å². The summed E-state index contributed by atoms with van der Waals surface area (Å²) in [6.45, 7) is 7.99. The van der Waals surface area contributed by atoms with E-state index in [4.69, 9.17) is 4.74 Å². The van der Waals surface area contributed by atoms with Crippen LogP contribution in [0.5, 0.6) is 0 Å². The number of ether oxygens (including phenoxy) is 1. The van der Waals surface area contributed by atoms with E-state index in [0.717, 1.165) is 38.2 Å². The molecule has 0 atom stereocenters. The van der Waals surface area contributed by atoms with E-state index in [0.29, 0.717) is 13.0 Å². The molecular weight excluding hydrogens is 300 g/mol. The average molecular weight is 332 g/mol. The maximum Gasteiger partial charge on any atom is 0.227 e. The summed E-state index contributed by atoms with van der Waals surface area (Å²) < 4.78 is 5.59. The molecule has 4 heteroatoms. The summed E-state index contributed by atoms with van der Waals surface area (Å²) in [6.07, 6.45) is 4.91. The maximum absolute atomic E-state index is 12.8. The van der Waals surface area contributed by atoms with Gasteiger partial charge in [0.1, 0.15) is 0 Å². The average Bonchev–Trinajstić information content (AvgIpc) is 2.62. The van der Waals surface area contributed by atoms with Crippen molar-refractivity contribution in [2.75, 3.05) is 38.3 Å². The maximum atomic E-state index is 12.8. The molecule has 4 nitrogen and oxygen atoms in total. The smallest absolute Gasteiger partial charge is 0.227 e. The number of carbonyl (C=O) groups excluding carboxylic acids is 1. The standard InChI is InChI=1S/C20H32N2O2/c1-4-6-14-21-15-12-20(13-16-21,17-24-3)22(19(23)5-2)18-10-8-7-9-11-18/h7-11H,4-6,12-17H2,1-3H3. The Morgan fingerprint density at radius 3 is 2.42 bits per heavy atom. The van der Waals surface area contributed by atoms with Crippen LogP contribution in [0, 0.1) is 0 Å². The van der Waals surface area contributed by atoms with Crippen molar-refractivity contribution >= 4 is 11.6 Å². The number of hydrogen-bond donors (Lipinski definition) is 0. The summed E-state index contributed by atoms with van der Waals surface area (Å²) in [7, 11) is 1.74. The van der Waals surface area contributed by atoms with Crippen molar-refractivity contribution in [2.45, 2.75) is 51.5 Å². The number of nitrogens with zero attached hydrogens (tertiary/aromatic N) is 2. The molecule has 24 heavy (non-hydrogen) atoms. The molecule has 0 aromatic heterocycles. The fraction of sp³-hybridized carbons (Fsp3) is 0.650. The number of hydrogen-bond acceptors (Lipinski definition) is 3. The lowest BCUT2D eigenvalue weighted by Gasteiger charge is -2.48. The summed E-state index contributed by atoms with van der Waals surface area (Å²) in [5, 5.41) is 0. The van der Waals surface area contributed by atoms with E-state index in [-0.39, 0.29) is 11.4 Å². The van der Waals surface area contributed by atoms with Crippen LogP contribution < -0.4 is 4.90 Å². The van der Waals surface area contributed by atoms with Crippen molar-refractivity contribution in [1.82, 2.24) is 4.90 Å². The van der Waals surface area contributed by atoms with Gasteiger partial charge in [-0.15, -0.1) is 0 Å².